The molecule has 0 saturated heterocycles. The molecule has 1 aliphatic rings. The fourth-order valence-corrected chi connectivity index (χ4v) is 2.56. The first-order valence-corrected chi connectivity index (χ1v) is 6.93. The fourth-order valence-electron chi connectivity index (χ4n) is 2.56. The zero-order valence-corrected chi connectivity index (χ0v) is 11.6. The minimum absolute atomic E-state index is 0.588. The molecule has 0 atom stereocenters. The molecular weight excluding hydrogens is 250 g/mol. The Labute approximate surface area is 118 Å². The first-order valence-electron chi connectivity index (χ1n) is 6.93. The van der Waals surface area contributed by atoms with Crippen molar-refractivity contribution in [3.63, 3.8) is 0 Å². The fraction of sp³-hybridized carbons (Fsp3) is 0.333. The monoisotopic (exact) mass is 269 g/mol. The van der Waals surface area contributed by atoms with Gasteiger partial charge in [0, 0.05) is 31.4 Å². The van der Waals surface area contributed by atoms with Crippen LogP contribution < -0.4 is 16.0 Å². The van der Waals surface area contributed by atoms with Gasteiger partial charge in [-0.2, -0.15) is 0 Å². The van der Waals surface area contributed by atoms with Gasteiger partial charge in [-0.15, -0.1) is 0 Å². The van der Waals surface area contributed by atoms with E-state index < -0.39 is 0 Å². The molecule has 0 spiro atoms. The molecule has 0 radical (unpaired) electrons. The summed E-state index contributed by atoms with van der Waals surface area (Å²) in [5, 5.41) is 3.22. The highest BCUT2D eigenvalue weighted by Gasteiger charge is 2.21. The second-order valence-corrected chi connectivity index (χ2v) is 4.90. The summed E-state index contributed by atoms with van der Waals surface area (Å²) in [5.74, 6) is 2.55. The lowest BCUT2D eigenvalue weighted by atomic mass is 10.2. The van der Waals surface area contributed by atoms with E-state index in [1.54, 1.807) is 0 Å². The molecule has 104 valence electrons. The summed E-state index contributed by atoms with van der Waals surface area (Å²) in [5.41, 5.74) is 8.14. The molecule has 1 aromatic heterocycles. The number of anilines is 3. The van der Waals surface area contributed by atoms with Crippen molar-refractivity contribution in [1.29, 1.82) is 0 Å². The highest BCUT2D eigenvalue weighted by atomic mass is 15.2. The number of aromatic nitrogens is 2. The SMILES string of the molecule is Cc1nc(NCCN)cc(N2CCc3ccccc32)n1. The van der Waals surface area contributed by atoms with Crippen molar-refractivity contribution in [2.24, 2.45) is 5.73 Å². The standard InChI is InChI=1S/C15H19N5/c1-11-18-14(17-8-7-16)10-15(19-11)20-9-6-12-4-2-3-5-13(12)20/h2-5,10H,6-9,16H2,1H3,(H,17,18,19). The smallest absolute Gasteiger partial charge is 0.138 e. The number of hydrogen-bond donors (Lipinski definition) is 2. The third-order valence-corrected chi connectivity index (χ3v) is 3.44. The summed E-state index contributed by atoms with van der Waals surface area (Å²) in [6.45, 7) is 4.18. The van der Waals surface area contributed by atoms with Gasteiger partial charge in [-0.25, -0.2) is 9.97 Å². The Hall–Kier alpha value is -2.14. The Bertz CT molecular complexity index is 611. The molecule has 2 heterocycles. The van der Waals surface area contributed by atoms with E-state index in [0.717, 1.165) is 30.4 Å². The van der Waals surface area contributed by atoms with Crippen molar-refractivity contribution in [2.45, 2.75) is 13.3 Å². The van der Waals surface area contributed by atoms with Gasteiger partial charge in [0.15, 0.2) is 0 Å². The normalized spacial score (nSPS) is 13.4. The number of hydrogen-bond acceptors (Lipinski definition) is 5. The second kappa shape index (κ2) is 5.46. The highest BCUT2D eigenvalue weighted by Crippen LogP contribution is 2.33. The minimum Gasteiger partial charge on any atom is -0.369 e. The molecule has 0 bridgehead atoms. The van der Waals surface area contributed by atoms with E-state index in [1.807, 2.05) is 13.0 Å². The minimum atomic E-state index is 0.588. The van der Waals surface area contributed by atoms with Gasteiger partial charge in [0.05, 0.1) is 0 Å². The maximum Gasteiger partial charge on any atom is 0.138 e. The van der Waals surface area contributed by atoms with Gasteiger partial charge < -0.3 is 16.0 Å². The van der Waals surface area contributed by atoms with Gasteiger partial charge in [-0.3, -0.25) is 0 Å². The molecule has 5 nitrogen and oxygen atoms in total. The van der Waals surface area contributed by atoms with Crippen LogP contribution in [0.3, 0.4) is 0 Å². The Morgan fingerprint density at radius 2 is 2.15 bits per heavy atom. The summed E-state index contributed by atoms with van der Waals surface area (Å²) < 4.78 is 0. The van der Waals surface area contributed by atoms with Crippen molar-refractivity contribution in [3.05, 3.63) is 41.7 Å². The van der Waals surface area contributed by atoms with E-state index in [-0.39, 0.29) is 0 Å². The van der Waals surface area contributed by atoms with Crippen LogP contribution in [0.5, 0.6) is 0 Å². The maximum atomic E-state index is 5.52. The van der Waals surface area contributed by atoms with Crippen molar-refractivity contribution >= 4 is 17.3 Å². The predicted octanol–water partition coefficient (Wildman–Crippen LogP) is 1.85. The van der Waals surface area contributed by atoms with Crippen molar-refractivity contribution in [3.8, 4) is 0 Å². The molecule has 2 aromatic rings. The molecule has 5 heteroatoms. The Morgan fingerprint density at radius 3 is 3.00 bits per heavy atom. The topological polar surface area (TPSA) is 67.1 Å². The molecule has 3 rings (SSSR count). The third kappa shape index (κ3) is 2.44. The van der Waals surface area contributed by atoms with E-state index in [1.165, 1.54) is 11.3 Å². The molecule has 0 unspecified atom stereocenters. The lowest BCUT2D eigenvalue weighted by Gasteiger charge is -2.19. The van der Waals surface area contributed by atoms with Crippen LogP contribution in [0.4, 0.5) is 17.3 Å². The summed E-state index contributed by atoms with van der Waals surface area (Å²) in [6, 6.07) is 10.5. The number of fused-ring (bicyclic) bond motifs is 1. The van der Waals surface area contributed by atoms with Crippen LogP contribution in [0.15, 0.2) is 30.3 Å². The van der Waals surface area contributed by atoms with Gasteiger partial charge in [-0.05, 0) is 25.0 Å². The quantitative estimate of drug-likeness (QED) is 0.886. The largest absolute Gasteiger partial charge is 0.369 e. The molecule has 20 heavy (non-hydrogen) atoms. The van der Waals surface area contributed by atoms with E-state index >= 15 is 0 Å². The number of benzene rings is 1. The van der Waals surface area contributed by atoms with Crippen LogP contribution in [0.25, 0.3) is 0 Å². The van der Waals surface area contributed by atoms with E-state index in [2.05, 4.69) is 44.5 Å². The van der Waals surface area contributed by atoms with Crippen molar-refractivity contribution < 1.29 is 0 Å². The predicted molar refractivity (Wildman–Crippen MR) is 81.5 cm³/mol. The van der Waals surface area contributed by atoms with Gasteiger partial charge in [0.1, 0.15) is 17.5 Å². The number of nitrogens with two attached hydrogens (primary N) is 1. The van der Waals surface area contributed by atoms with Crippen LogP contribution in [0.2, 0.25) is 0 Å². The van der Waals surface area contributed by atoms with Crippen LogP contribution in [0, 0.1) is 6.92 Å². The average molecular weight is 269 g/mol. The third-order valence-electron chi connectivity index (χ3n) is 3.44. The molecule has 0 amide bonds. The Morgan fingerprint density at radius 1 is 1.30 bits per heavy atom. The lowest BCUT2D eigenvalue weighted by molar-refractivity contribution is 0.936. The molecule has 0 aliphatic carbocycles. The zero-order valence-electron chi connectivity index (χ0n) is 11.6. The van der Waals surface area contributed by atoms with Crippen molar-refractivity contribution in [1.82, 2.24) is 9.97 Å². The summed E-state index contributed by atoms with van der Waals surface area (Å²) in [7, 11) is 0. The molecule has 0 fully saturated rings. The Balaban J connectivity index is 1.93. The molecule has 0 saturated carbocycles. The van der Waals surface area contributed by atoms with Crippen LogP contribution >= 0.6 is 0 Å². The first kappa shape index (κ1) is 12.9. The molecule has 3 N–H and O–H groups in total. The van der Waals surface area contributed by atoms with Crippen LogP contribution in [-0.4, -0.2) is 29.6 Å². The number of nitrogens with one attached hydrogen (secondary N) is 1. The van der Waals surface area contributed by atoms with Gasteiger partial charge in [0.2, 0.25) is 0 Å². The maximum absolute atomic E-state index is 5.52. The van der Waals surface area contributed by atoms with Crippen molar-refractivity contribution in [2.75, 3.05) is 29.9 Å². The number of para-hydroxylation sites is 1. The molecule has 1 aliphatic heterocycles. The number of aryl methyl sites for hydroxylation is 1. The summed E-state index contributed by atoms with van der Waals surface area (Å²) in [6.07, 6.45) is 1.06. The summed E-state index contributed by atoms with van der Waals surface area (Å²) in [4.78, 5) is 11.2. The van der Waals surface area contributed by atoms with E-state index in [0.29, 0.717) is 13.1 Å². The first-order chi connectivity index (χ1) is 9.78. The van der Waals surface area contributed by atoms with Crippen LogP contribution in [0.1, 0.15) is 11.4 Å². The zero-order chi connectivity index (χ0) is 13.9. The van der Waals surface area contributed by atoms with Gasteiger partial charge >= 0.3 is 0 Å². The molecular formula is C15H19N5. The number of nitrogens with zero attached hydrogens (tertiary/aromatic N) is 3. The van der Waals surface area contributed by atoms with E-state index in [9.17, 15) is 0 Å². The average Bonchev–Trinajstić information content (AvgIpc) is 2.88. The second-order valence-electron chi connectivity index (χ2n) is 4.90. The van der Waals surface area contributed by atoms with E-state index in [4.69, 9.17) is 5.73 Å². The highest BCUT2D eigenvalue weighted by molar-refractivity contribution is 5.68. The molecule has 1 aromatic carbocycles. The lowest BCUT2D eigenvalue weighted by Crippen LogP contribution is -2.18. The van der Waals surface area contributed by atoms with Crippen LogP contribution in [-0.2, 0) is 6.42 Å². The summed E-state index contributed by atoms with van der Waals surface area (Å²) >= 11 is 0. The van der Waals surface area contributed by atoms with Gasteiger partial charge in [0.25, 0.3) is 0 Å². The van der Waals surface area contributed by atoms with Gasteiger partial charge in [-0.1, -0.05) is 18.2 Å². The number of rotatable bonds is 4. The Kier molecular flexibility index (Phi) is 3.52.